The van der Waals surface area contributed by atoms with Gasteiger partial charge in [-0.25, -0.2) is 9.97 Å². The molecule has 0 bridgehead atoms. The number of nitrogens with zero attached hydrogens (tertiary/aromatic N) is 5. The molecule has 0 spiro atoms. The van der Waals surface area contributed by atoms with Crippen LogP contribution in [-0.2, 0) is 13.1 Å². The number of fused-ring (bicyclic) bond motifs is 1. The third-order valence-corrected chi connectivity index (χ3v) is 8.68. The average molecular weight is 526 g/mol. The van der Waals surface area contributed by atoms with Gasteiger partial charge in [0.25, 0.3) is 5.91 Å². The van der Waals surface area contributed by atoms with Gasteiger partial charge in [-0.05, 0) is 94.6 Å². The number of likely N-dealkylation sites (N-methyl/N-ethyl adjacent to an activating group) is 1. The minimum absolute atomic E-state index is 0.0265. The lowest BCUT2D eigenvalue weighted by Crippen LogP contribution is -2.52. The first-order chi connectivity index (χ1) is 18.7. The Bertz CT molecular complexity index is 1390. The van der Waals surface area contributed by atoms with E-state index in [2.05, 4.69) is 84.4 Å². The first-order valence-corrected chi connectivity index (χ1v) is 14.0. The van der Waals surface area contributed by atoms with Crippen molar-refractivity contribution in [2.75, 3.05) is 37.3 Å². The maximum atomic E-state index is 13.3. The van der Waals surface area contributed by atoms with Gasteiger partial charge in [0.1, 0.15) is 0 Å². The summed E-state index contributed by atoms with van der Waals surface area (Å²) in [4.78, 5) is 29.6. The number of amides is 1. The highest BCUT2D eigenvalue weighted by atomic mass is 16.2. The van der Waals surface area contributed by atoms with Crippen molar-refractivity contribution in [1.82, 2.24) is 24.7 Å². The van der Waals surface area contributed by atoms with Crippen LogP contribution >= 0.6 is 0 Å². The van der Waals surface area contributed by atoms with E-state index in [0.717, 1.165) is 73.8 Å². The minimum atomic E-state index is 0.0265. The Morgan fingerprint density at radius 3 is 2.41 bits per heavy atom. The molecule has 0 saturated carbocycles. The molecule has 6 rings (SSSR count). The molecule has 3 aliphatic heterocycles. The summed E-state index contributed by atoms with van der Waals surface area (Å²) in [5.41, 5.74) is 8.77. The van der Waals surface area contributed by atoms with E-state index in [0.29, 0.717) is 12.1 Å². The van der Waals surface area contributed by atoms with E-state index in [1.165, 1.54) is 16.7 Å². The normalized spacial score (nSPS) is 21.9. The van der Waals surface area contributed by atoms with Crippen LogP contribution in [0, 0.1) is 20.8 Å². The summed E-state index contributed by atoms with van der Waals surface area (Å²) in [6.45, 7) is 12.9. The fourth-order valence-electron chi connectivity index (χ4n) is 5.98. The van der Waals surface area contributed by atoms with Crippen LogP contribution in [0.4, 0.5) is 17.3 Å². The third-order valence-electron chi connectivity index (χ3n) is 8.68. The minimum Gasteiger partial charge on any atom is -0.368 e. The Labute approximate surface area is 231 Å². The Kier molecular flexibility index (Phi) is 6.55. The van der Waals surface area contributed by atoms with E-state index in [-0.39, 0.29) is 11.4 Å². The van der Waals surface area contributed by atoms with Gasteiger partial charge in [-0.2, -0.15) is 0 Å². The SMILES string of the molecule is Cc1cc(C)cc(Nc2ncc3c(n2)CN(C2(C)CCN(C(=O)c4ccc(NC5CN5C)c(C)c4)CC2)C3)c1. The molecule has 2 atom stereocenters. The predicted molar refractivity (Wildman–Crippen MR) is 155 cm³/mol. The largest absolute Gasteiger partial charge is 0.368 e. The molecule has 3 aliphatic rings. The lowest BCUT2D eigenvalue weighted by atomic mass is 9.87. The fourth-order valence-corrected chi connectivity index (χ4v) is 5.98. The molecule has 0 aliphatic carbocycles. The highest BCUT2D eigenvalue weighted by molar-refractivity contribution is 5.95. The number of carbonyl (C=O) groups excluding carboxylic acids is 1. The molecule has 1 aromatic heterocycles. The van der Waals surface area contributed by atoms with Crippen molar-refractivity contribution in [3.05, 3.63) is 76.1 Å². The van der Waals surface area contributed by atoms with Crippen LogP contribution in [0.15, 0.2) is 42.6 Å². The highest BCUT2D eigenvalue weighted by Crippen LogP contribution is 2.36. The van der Waals surface area contributed by atoms with Gasteiger partial charge in [-0.15, -0.1) is 0 Å². The van der Waals surface area contributed by atoms with Crippen LogP contribution in [0.3, 0.4) is 0 Å². The summed E-state index contributed by atoms with van der Waals surface area (Å²) in [5.74, 6) is 0.778. The first kappa shape index (κ1) is 25.8. The Morgan fingerprint density at radius 1 is 1.03 bits per heavy atom. The van der Waals surface area contributed by atoms with Crippen molar-refractivity contribution in [2.24, 2.45) is 0 Å². The van der Waals surface area contributed by atoms with Crippen LogP contribution in [-0.4, -0.2) is 69.0 Å². The van der Waals surface area contributed by atoms with Crippen LogP contribution < -0.4 is 10.6 Å². The van der Waals surface area contributed by atoms with Gasteiger partial charge in [0.05, 0.1) is 11.9 Å². The second kappa shape index (κ2) is 9.92. The number of nitrogens with one attached hydrogen (secondary N) is 2. The molecule has 1 amide bonds. The van der Waals surface area contributed by atoms with Crippen molar-refractivity contribution >= 4 is 23.2 Å². The molecule has 2 saturated heterocycles. The standard InChI is InChI=1S/C31H39N7O/c1-20-12-21(2)14-25(13-20)33-30-32-16-24-17-38(18-27(24)35-30)31(4)8-10-37(11-9-31)29(39)23-6-7-26(22(3)15-23)34-28-19-36(28)5/h6-7,12-16,28,34H,8-11,17-19H2,1-5H3,(H,32,33,35). The van der Waals surface area contributed by atoms with E-state index in [1.807, 2.05) is 23.2 Å². The first-order valence-electron chi connectivity index (χ1n) is 14.0. The molecule has 204 valence electrons. The van der Waals surface area contributed by atoms with Crippen molar-refractivity contribution in [2.45, 2.75) is 65.3 Å². The summed E-state index contributed by atoms with van der Waals surface area (Å²) in [6.07, 6.45) is 4.27. The third kappa shape index (κ3) is 5.36. The summed E-state index contributed by atoms with van der Waals surface area (Å²) in [5, 5.41) is 6.91. The molecule has 39 heavy (non-hydrogen) atoms. The van der Waals surface area contributed by atoms with Gasteiger partial charge in [-0.3, -0.25) is 14.6 Å². The second-order valence-corrected chi connectivity index (χ2v) is 11.9. The molecule has 2 unspecified atom stereocenters. The zero-order chi connectivity index (χ0) is 27.3. The smallest absolute Gasteiger partial charge is 0.253 e. The Hall–Kier alpha value is -3.49. The van der Waals surface area contributed by atoms with Crippen molar-refractivity contribution in [3.8, 4) is 0 Å². The predicted octanol–water partition coefficient (Wildman–Crippen LogP) is 4.84. The van der Waals surface area contributed by atoms with E-state index >= 15 is 0 Å². The van der Waals surface area contributed by atoms with Crippen molar-refractivity contribution < 1.29 is 4.79 Å². The topological polar surface area (TPSA) is 76.4 Å². The molecule has 8 heteroatoms. The maximum absolute atomic E-state index is 13.3. The van der Waals surface area contributed by atoms with Gasteiger partial charge < -0.3 is 15.5 Å². The zero-order valence-electron chi connectivity index (χ0n) is 23.7. The molecule has 2 aromatic carbocycles. The van der Waals surface area contributed by atoms with E-state index in [4.69, 9.17) is 4.98 Å². The fraction of sp³-hybridized carbons (Fsp3) is 0.452. The van der Waals surface area contributed by atoms with E-state index in [9.17, 15) is 4.79 Å². The van der Waals surface area contributed by atoms with Gasteiger partial charge in [0.15, 0.2) is 0 Å². The summed E-state index contributed by atoms with van der Waals surface area (Å²) in [7, 11) is 2.10. The molecule has 0 radical (unpaired) electrons. The monoisotopic (exact) mass is 525 g/mol. The summed E-state index contributed by atoms with van der Waals surface area (Å²) >= 11 is 0. The van der Waals surface area contributed by atoms with Crippen molar-refractivity contribution in [3.63, 3.8) is 0 Å². The lowest BCUT2D eigenvalue weighted by Gasteiger charge is -2.45. The van der Waals surface area contributed by atoms with Gasteiger partial charge >= 0.3 is 0 Å². The van der Waals surface area contributed by atoms with E-state index in [1.54, 1.807) is 0 Å². The average Bonchev–Trinajstić information content (AvgIpc) is 3.40. The number of anilines is 3. The molecule has 3 aromatic rings. The number of hydrogen-bond acceptors (Lipinski definition) is 7. The molecule has 2 fully saturated rings. The lowest BCUT2D eigenvalue weighted by molar-refractivity contribution is 0.0272. The molecule has 4 heterocycles. The molecular formula is C31H39N7O. The number of aryl methyl sites for hydroxylation is 3. The quantitative estimate of drug-likeness (QED) is 0.446. The number of aromatic nitrogens is 2. The number of piperidine rings is 1. The van der Waals surface area contributed by atoms with Crippen LogP contribution in [0.2, 0.25) is 0 Å². The molecule has 2 N–H and O–H groups in total. The second-order valence-electron chi connectivity index (χ2n) is 11.9. The Balaban J connectivity index is 1.07. The number of likely N-dealkylation sites (tertiary alicyclic amines) is 1. The van der Waals surface area contributed by atoms with Crippen LogP contribution in [0.1, 0.15) is 58.1 Å². The van der Waals surface area contributed by atoms with Crippen LogP contribution in [0.5, 0.6) is 0 Å². The van der Waals surface area contributed by atoms with Gasteiger partial charge in [0.2, 0.25) is 5.95 Å². The summed E-state index contributed by atoms with van der Waals surface area (Å²) < 4.78 is 0. The maximum Gasteiger partial charge on any atom is 0.253 e. The van der Waals surface area contributed by atoms with E-state index < -0.39 is 0 Å². The number of carbonyl (C=O) groups is 1. The number of benzene rings is 2. The number of hydrogen-bond donors (Lipinski definition) is 2. The molecular weight excluding hydrogens is 486 g/mol. The molecule has 8 nitrogen and oxygen atoms in total. The van der Waals surface area contributed by atoms with Gasteiger partial charge in [0, 0.05) is 67.0 Å². The zero-order valence-corrected chi connectivity index (χ0v) is 23.7. The van der Waals surface area contributed by atoms with Crippen LogP contribution in [0.25, 0.3) is 0 Å². The van der Waals surface area contributed by atoms with Gasteiger partial charge in [-0.1, -0.05) is 6.07 Å². The number of rotatable bonds is 6. The Morgan fingerprint density at radius 2 is 1.74 bits per heavy atom. The summed E-state index contributed by atoms with van der Waals surface area (Å²) in [6, 6.07) is 12.4. The highest BCUT2D eigenvalue weighted by Gasteiger charge is 2.40. The van der Waals surface area contributed by atoms with Crippen molar-refractivity contribution in [1.29, 1.82) is 0 Å².